The molecule has 3 aromatic rings. The first-order chi connectivity index (χ1) is 17.1. The van der Waals surface area contributed by atoms with Gasteiger partial charge in [-0.05, 0) is 55.0 Å². The summed E-state index contributed by atoms with van der Waals surface area (Å²) in [4.78, 5) is 33.5. The third-order valence-corrected chi connectivity index (χ3v) is 6.27. The van der Waals surface area contributed by atoms with Crippen molar-refractivity contribution in [3.8, 4) is 0 Å². The molecular weight excluding hydrogens is 516 g/mol. The lowest BCUT2D eigenvalue weighted by Crippen LogP contribution is -2.35. The van der Waals surface area contributed by atoms with Crippen LogP contribution in [-0.4, -0.2) is 47.9 Å². The van der Waals surface area contributed by atoms with Crippen molar-refractivity contribution in [2.75, 3.05) is 36.4 Å². The minimum absolute atomic E-state index is 0.105. The lowest BCUT2D eigenvalue weighted by atomic mass is 10.1. The number of anilines is 2. The summed E-state index contributed by atoms with van der Waals surface area (Å²) in [6.45, 7) is 2.23. The van der Waals surface area contributed by atoms with Crippen LogP contribution in [-0.2, 0) is 6.18 Å². The SMILES string of the molecule is O=C(Nc1ccc(N2CCCN(C(=O)c3ccc(Cl)cc3Cl)CC2)nc1)c1cccc(C(F)(F)F)c1. The van der Waals surface area contributed by atoms with Crippen LogP contribution in [0, 0.1) is 0 Å². The number of pyridine rings is 1. The average molecular weight is 537 g/mol. The molecule has 11 heteroatoms. The molecule has 1 aromatic heterocycles. The number of nitrogens with zero attached hydrogens (tertiary/aromatic N) is 3. The van der Waals surface area contributed by atoms with Crippen LogP contribution in [0.1, 0.15) is 32.7 Å². The summed E-state index contributed by atoms with van der Waals surface area (Å²) in [5.41, 5.74) is -0.249. The Morgan fingerprint density at radius 1 is 0.944 bits per heavy atom. The molecule has 1 fully saturated rings. The molecule has 0 unspecified atom stereocenters. The summed E-state index contributed by atoms with van der Waals surface area (Å²) in [7, 11) is 0. The number of halogens is 5. The van der Waals surface area contributed by atoms with Crippen LogP contribution in [0.15, 0.2) is 60.8 Å². The molecule has 1 saturated heterocycles. The first-order valence-electron chi connectivity index (χ1n) is 11.1. The average Bonchev–Trinajstić information content (AvgIpc) is 3.10. The fourth-order valence-electron chi connectivity index (χ4n) is 3.87. The molecule has 0 atom stereocenters. The predicted molar refractivity (Wildman–Crippen MR) is 133 cm³/mol. The maximum atomic E-state index is 12.9. The molecule has 2 heterocycles. The molecule has 4 rings (SSSR count). The Morgan fingerprint density at radius 2 is 1.75 bits per heavy atom. The van der Waals surface area contributed by atoms with E-state index in [0.29, 0.717) is 59.7 Å². The first kappa shape index (κ1) is 25.8. The molecule has 1 aliphatic rings. The van der Waals surface area contributed by atoms with E-state index in [4.69, 9.17) is 23.2 Å². The van der Waals surface area contributed by atoms with Gasteiger partial charge in [0.05, 0.1) is 28.0 Å². The van der Waals surface area contributed by atoms with Gasteiger partial charge in [-0.15, -0.1) is 0 Å². The van der Waals surface area contributed by atoms with Gasteiger partial charge in [0.2, 0.25) is 0 Å². The molecule has 0 spiro atoms. The fourth-order valence-corrected chi connectivity index (χ4v) is 4.36. The molecule has 0 saturated carbocycles. The normalized spacial score (nSPS) is 14.4. The second-order valence-corrected chi connectivity index (χ2v) is 9.04. The van der Waals surface area contributed by atoms with Gasteiger partial charge in [0.1, 0.15) is 5.82 Å². The highest BCUT2D eigenvalue weighted by atomic mass is 35.5. The van der Waals surface area contributed by atoms with Crippen molar-refractivity contribution < 1.29 is 22.8 Å². The van der Waals surface area contributed by atoms with Crippen LogP contribution in [0.3, 0.4) is 0 Å². The largest absolute Gasteiger partial charge is 0.416 e. The van der Waals surface area contributed by atoms with Crippen molar-refractivity contribution in [1.29, 1.82) is 0 Å². The number of amides is 2. The molecule has 0 radical (unpaired) electrons. The molecule has 2 aromatic carbocycles. The Balaban J connectivity index is 1.38. The number of benzene rings is 2. The molecule has 0 bridgehead atoms. The Hall–Kier alpha value is -3.30. The first-order valence-corrected chi connectivity index (χ1v) is 11.8. The van der Waals surface area contributed by atoms with Crippen molar-refractivity contribution in [3.63, 3.8) is 0 Å². The number of nitrogens with one attached hydrogen (secondary N) is 1. The molecule has 1 N–H and O–H groups in total. The summed E-state index contributed by atoms with van der Waals surface area (Å²) in [5.74, 6) is -0.176. The second kappa shape index (κ2) is 10.8. The molecule has 6 nitrogen and oxygen atoms in total. The van der Waals surface area contributed by atoms with Gasteiger partial charge >= 0.3 is 6.18 Å². The van der Waals surface area contributed by atoms with E-state index in [-0.39, 0.29) is 11.5 Å². The lowest BCUT2D eigenvalue weighted by Gasteiger charge is -2.23. The number of aromatic nitrogens is 1. The summed E-state index contributed by atoms with van der Waals surface area (Å²) in [5, 5.41) is 3.33. The smallest absolute Gasteiger partial charge is 0.355 e. The van der Waals surface area contributed by atoms with Crippen LogP contribution in [0.25, 0.3) is 0 Å². The van der Waals surface area contributed by atoms with Crippen LogP contribution in [0.4, 0.5) is 24.7 Å². The van der Waals surface area contributed by atoms with E-state index in [9.17, 15) is 22.8 Å². The van der Waals surface area contributed by atoms with Gasteiger partial charge in [0.15, 0.2) is 0 Å². The third-order valence-electron chi connectivity index (χ3n) is 5.73. The van der Waals surface area contributed by atoms with Crippen molar-refractivity contribution in [1.82, 2.24) is 9.88 Å². The Kier molecular flexibility index (Phi) is 7.70. The summed E-state index contributed by atoms with van der Waals surface area (Å²) in [6.07, 6.45) is -2.37. The summed E-state index contributed by atoms with van der Waals surface area (Å²) in [6, 6.07) is 12.3. The van der Waals surface area contributed by atoms with Gasteiger partial charge < -0.3 is 15.1 Å². The Morgan fingerprint density at radius 3 is 2.44 bits per heavy atom. The highest BCUT2D eigenvalue weighted by Gasteiger charge is 2.31. The zero-order chi connectivity index (χ0) is 25.9. The van der Waals surface area contributed by atoms with Crippen LogP contribution >= 0.6 is 23.2 Å². The van der Waals surface area contributed by atoms with E-state index >= 15 is 0 Å². The second-order valence-electron chi connectivity index (χ2n) is 8.19. The zero-order valence-corrected chi connectivity index (χ0v) is 20.4. The van der Waals surface area contributed by atoms with Crippen LogP contribution in [0.5, 0.6) is 0 Å². The third kappa shape index (κ3) is 6.09. The monoisotopic (exact) mass is 536 g/mol. The van der Waals surface area contributed by atoms with Gasteiger partial charge in [-0.1, -0.05) is 29.3 Å². The molecule has 2 amide bonds. The van der Waals surface area contributed by atoms with E-state index in [1.165, 1.54) is 24.4 Å². The Bertz CT molecular complexity index is 1270. The summed E-state index contributed by atoms with van der Waals surface area (Å²) >= 11 is 12.1. The van der Waals surface area contributed by atoms with Gasteiger partial charge in [0.25, 0.3) is 11.8 Å². The van der Waals surface area contributed by atoms with Gasteiger partial charge in [0, 0.05) is 36.8 Å². The van der Waals surface area contributed by atoms with Gasteiger partial charge in [-0.25, -0.2) is 4.98 Å². The number of carbonyl (C=O) groups excluding carboxylic acids is 2. The fraction of sp³-hybridized carbons (Fsp3) is 0.240. The minimum Gasteiger partial charge on any atom is -0.355 e. The highest BCUT2D eigenvalue weighted by molar-refractivity contribution is 6.36. The van der Waals surface area contributed by atoms with Gasteiger partial charge in [-0.3, -0.25) is 9.59 Å². The molecule has 0 aliphatic carbocycles. The lowest BCUT2D eigenvalue weighted by molar-refractivity contribution is -0.137. The number of rotatable bonds is 4. The molecule has 188 valence electrons. The van der Waals surface area contributed by atoms with Gasteiger partial charge in [-0.2, -0.15) is 13.2 Å². The van der Waals surface area contributed by atoms with Crippen molar-refractivity contribution >= 4 is 46.5 Å². The predicted octanol–water partition coefficient (Wildman–Crippen LogP) is 6.01. The minimum atomic E-state index is -4.53. The maximum Gasteiger partial charge on any atom is 0.416 e. The van der Waals surface area contributed by atoms with E-state index in [0.717, 1.165) is 12.1 Å². The molecule has 1 aliphatic heterocycles. The quantitative estimate of drug-likeness (QED) is 0.443. The summed E-state index contributed by atoms with van der Waals surface area (Å²) < 4.78 is 38.7. The van der Waals surface area contributed by atoms with Crippen LogP contribution < -0.4 is 10.2 Å². The van der Waals surface area contributed by atoms with E-state index in [2.05, 4.69) is 10.3 Å². The number of carbonyl (C=O) groups is 2. The van der Waals surface area contributed by atoms with Crippen LogP contribution in [0.2, 0.25) is 10.0 Å². The molecule has 36 heavy (non-hydrogen) atoms. The zero-order valence-electron chi connectivity index (χ0n) is 18.9. The maximum absolute atomic E-state index is 12.9. The standard InChI is InChI=1S/C25H21Cl2F3N4O2/c26-18-5-7-20(21(27)14-18)24(36)34-10-2-9-33(11-12-34)22-8-6-19(15-31-22)32-23(35)16-3-1-4-17(13-16)25(28,29)30/h1,3-8,13-15H,2,9-12H2,(H,32,35). The van der Waals surface area contributed by atoms with Crippen molar-refractivity contribution in [2.45, 2.75) is 12.6 Å². The highest BCUT2D eigenvalue weighted by Crippen LogP contribution is 2.30. The molecular formula is C25H21Cl2F3N4O2. The van der Waals surface area contributed by atoms with Crippen molar-refractivity contribution in [3.05, 3.63) is 87.5 Å². The van der Waals surface area contributed by atoms with E-state index in [1.807, 2.05) is 4.90 Å². The number of hydrogen-bond acceptors (Lipinski definition) is 4. The van der Waals surface area contributed by atoms with Crippen molar-refractivity contribution in [2.24, 2.45) is 0 Å². The van der Waals surface area contributed by atoms with E-state index < -0.39 is 17.6 Å². The Labute approximate surface area is 215 Å². The number of hydrogen-bond donors (Lipinski definition) is 1. The topological polar surface area (TPSA) is 65.5 Å². The number of alkyl halides is 3. The van der Waals surface area contributed by atoms with E-state index in [1.54, 1.807) is 29.2 Å².